The minimum Gasteiger partial charge on any atom is -0.312 e. The van der Waals surface area contributed by atoms with E-state index in [1.54, 1.807) is 16.5 Å². The van der Waals surface area contributed by atoms with E-state index in [0.717, 1.165) is 11.3 Å². The van der Waals surface area contributed by atoms with Gasteiger partial charge in [0.2, 0.25) is 22.9 Å². The van der Waals surface area contributed by atoms with Gasteiger partial charge in [-0.05, 0) is 24.6 Å². The fourth-order valence-corrected chi connectivity index (χ4v) is 5.12. The van der Waals surface area contributed by atoms with Gasteiger partial charge in [-0.15, -0.1) is 21.5 Å². The van der Waals surface area contributed by atoms with Crippen LogP contribution in [0.2, 0.25) is 0 Å². The summed E-state index contributed by atoms with van der Waals surface area (Å²) in [7, 11) is 0. The number of amides is 3. The highest BCUT2D eigenvalue weighted by molar-refractivity contribution is 8.01. The average Bonchev–Trinajstić information content (AvgIpc) is 3.48. The summed E-state index contributed by atoms with van der Waals surface area (Å²) < 4.78 is 0.563. The quantitative estimate of drug-likeness (QED) is 0.399. The molecule has 160 valence electrons. The van der Waals surface area contributed by atoms with E-state index < -0.39 is 5.92 Å². The van der Waals surface area contributed by atoms with Crippen molar-refractivity contribution in [3.05, 3.63) is 41.4 Å². The van der Waals surface area contributed by atoms with Crippen LogP contribution in [-0.2, 0) is 14.4 Å². The Kier molecular flexibility index (Phi) is 6.59. The minimum absolute atomic E-state index is 0.0782. The number of hydrogen-bond acceptors (Lipinski definition) is 9. The predicted octanol–water partition coefficient (Wildman–Crippen LogP) is 3.03. The lowest BCUT2D eigenvalue weighted by Crippen LogP contribution is -2.28. The molecule has 0 unspecified atom stereocenters. The van der Waals surface area contributed by atoms with Crippen molar-refractivity contribution < 1.29 is 14.4 Å². The van der Waals surface area contributed by atoms with Crippen molar-refractivity contribution in [2.75, 3.05) is 27.8 Å². The summed E-state index contributed by atoms with van der Waals surface area (Å²) >= 11 is 3.76. The molecule has 1 saturated heterocycles. The third kappa shape index (κ3) is 5.46. The van der Waals surface area contributed by atoms with E-state index in [2.05, 4.69) is 25.8 Å². The van der Waals surface area contributed by atoms with E-state index in [0.29, 0.717) is 21.1 Å². The molecule has 0 radical (unpaired) electrons. The van der Waals surface area contributed by atoms with Gasteiger partial charge in [-0.2, -0.15) is 0 Å². The zero-order valence-corrected chi connectivity index (χ0v) is 18.9. The molecule has 31 heavy (non-hydrogen) atoms. The second-order valence-electron chi connectivity index (χ2n) is 6.78. The van der Waals surface area contributed by atoms with Gasteiger partial charge in [0.15, 0.2) is 9.47 Å². The number of aromatic nitrogens is 3. The lowest BCUT2D eigenvalue weighted by molar-refractivity contribution is -0.122. The Bertz CT molecular complexity index is 1100. The molecule has 1 fully saturated rings. The van der Waals surface area contributed by atoms with Crippen LogP contribution in [0.25, 0.3) is 0 Å². The van der Waals surface area contributed by atoms with Gasteiger partial charge in [0.1, 0.15) is 0 Å². The van der Waals surface area contributed by atoms with Crippen LogP contribution >= 0.6 is 34.4 Å². The molecular formula is C19H18N6O3S3. The Morgan fingerprint density at radius 1 is 1.26 bits per heavy atom. The molecule has 1 aromatic carbocycles. The standard InChI is InChI=1S/C19H18N6O3S3/c1-11-3-2-4-13(7-11)25-9-12(8-15(25)27)16(28)22-18-23-24-19(31-18)30-10-14(26)21-17-20-5-6-29-17/h2-7,12H,8-10H2,1H3,(H,20,21,26)(H,22,23,28)/t12-/m1/s1. The summed E-state index contributed by atoms with van der Waals surface area (Å²) in [6.07, 6.45) is 1.77. The number of thioether (sulfide) groups is 1. The molecule has 1 atom stereocenters. The molecule has 3 amide bonds. The number of nitrogens with one attached hydrogen (secondary N) is 2. The van der Waals surface area contributed by atoms with E-state index >= 15 is 0 Å². The largest absolute Gasteiger partial charge is 0.312 e. The van der Waals surface area contributed by atoms with Gasteiger partial charge in [-0.1, -0.05) is 35.2 Å². The number of benzene rings is 1. The summed E-state index contributed by atoms with van der Waals surface area (Å²) in [5.74, 6) is -0.841. The maximum absolute atomic E-state index is 12.6. The van der Waals surface area contributed by atoms with Gasteiger partial charge in [0, 0.05) is 30.2 Å². The molecule has 1 aliphatic rings. The fourth-order valence-electron chi connectivity index (χ4n) is 3.02. The topological polar surface area (TPSA) is 117 Å². The smallest absolute Gasteiger partial charge is 0.236 e. The molecule has 0 bridgehead atoms. The highest BCUT2D eigenvalue weighted by Crippen LogP contribution is 2.29. The van der Waals surface area contributed by atoms with Gasteiger partial charge in [0.25, 0.3) is 0 Å². The van der Waals surface area contributed by atoms with Crippen LogP contribution in [0.15, 0.2) is 40.2 Å². The molecule has 2 aromatic heterocycles. The number of carbonyl (C=O) groups excluding carboxylic acids is 3. The molecule has 0 saturated carbocycles. The van der Waals surface area contributed by atoms with Crippen molar-refractivity contribution in [3.8, 4) is 0 Å². The molecule has 12 heteroatoms. The van der Waals surface area contributed by atoms with Crippen LogP contribution < -0.4 is 15.5 Å². The second kappa shape index (κ2) is 9.54. The van der Waals surface area contributed by atoms with Crippen LogP contribution in [0.3, 0.4) is 0 Å². The average molecular weight is 475 g/mol. The highest BCUT2D eigenvalue weighted by Gasteiger charge is 2.35. The van der Waals surface area contributed by atoms with Crippen molar-refractivity contribution >= 4 is 68.1 Å². The van der Waals surface area contributed by atoms with Gasteiger partial charge >= 0.3 is 0 Å². The van der Waals surface area contributed by atoms with E-state index in [-0.39, 0.29) is 29.9 Å². The predicted molar refractivity (Wildman–Crippen MR) is 122 cm³/mol. The number of anilines is 3. The van der Waals surface area contributed by atoms with Crippen molar-refractivity contribution in [2.45, 2.75) is 17.7 Å². The first-order valence-electron chi connectivity index (χ1n) is 9.31. The van der Waals surface area contributed by atoms with Crippen molar-refractivity contribution in [3.63, 3.8) is 0 Å². The van der Waals surface area contributed by atoms with Crippen LogP contribution in [0.1, 0.15) is 12.0 Å². The Morgan fingerprint density at radius 2 is 2.13 bits per heavy atom. The molecule has 3 aromatic rings. The summed E-state index contributed by atoms with van der Waals surface area (Å²) in [5, 5.41) is 16.1. The summed E-state index contributed by atoms with van der Waals surface area (Å²) in [5.41, 5.74) is 1.85. The summed E-state index contributed by atoms with van der Waals surface area (Å²) in [6.45, 7) is 2.29. The number of hydrogen-bond donors (Lipinski definition) is 2. The summed E-state index contributed by atoms with van der Waals surface area (Å²) in [6, 6.07) is 7.65. The van der Waals surface area contributed by atoms with Crippen molar-refractivity contribution in [1.29, 1.82) is 0 Å². The Morgan fingerprint density at radius 3 is 2.90 bits per heavy atom. The molecule has 4 rings (SSSR count). The lowest BCUT2D eigenvalue weighted by atomic mass is 10.1. The Balaban J connectivity index is 1.29. The molecule has 0 aliphatic carbocycles. The van der Waals surface area contributed by atoms with E-state index in [1.165, 1.54) is 34.4 Å². The number of rotatable bonds is 7. The lowest BCUT2D eigenvalue weighted by Gasteiger charge is -2.17. The Labute approximate surface area is 190 Å². The third-order valence-electron chi connectivity index (χ3n) is 4.45. The second-order valence-corrected chi connectivity index (χ2v) is 9.88. The third-order valence-corrected chi connectivity index (χ3v) is 7.11. The highest BCUT2D eigenvalue weighted by atomic mass is 32.2. The monoisotopic (exact) mass is 474 g/mol. The minimum atomic E-state index is -0.461. The number of nitrogens with zero attached hydrogens (tertiary/aromatic N) is 4. The van der Waals surface area contributed by atoms with Crippen LogP contribution in [0, 0.1) is 12.8 Å². The van der Waals surface area contributed by atoms with E-state index in [4.69, 9.17) is 0 Å². The van der Waals surface area contributed by atoms with E-state index in [9.17, 15) is 14.4 Å². The maximum atomic E-state index is 12.6. The molecule has 3 heterocycles. The zero-order valence-electron chi connectivity index (χ0n) is 16.4. The van der Waals surface area contributed by atoms with Gasteiger partial charge < -0.3 is 15.5 Å². The number of thiazole rings is 1. The van der Waals surface area contributed by atoms with Crippen LogP contribution in [0.4, 0.5) is 16.0 Å². The van der Waals surface area contributed by atoms with Gasteiger partial charge in [-0.25, -0.2) is 4.98 Å². The zero-order chi connectivity index (χ0) is 21.8. The SMILES string of the molecule is Cc1cccc(N2C[C@H](C(=O)Nc3nnc(SCC(=O)Nc4nccs4)s3)CC2=O)c1. The van der Waals surface area contributed by atoms with Crippen molar-refractivity contribution in [1.82, 2.24) is 15.2 Å². The molecule has 2 N–H and O–H groups in total. The maximum Gasteiger partial charge on any atom is 0.236 e. The first kappa shape index (κ1) is 21.4. The first-order valence-corrected chi connectivity index (χ1v) is 12.0. The summed E-state index contributed by atoms with van der Waals surface area (Å²) in [4.78, 5) is 42.6. The van der Waals surface area contributed by atoms with Crippen LogP contribution in [0.5, 0.6) is 0 Å². The molecule has 0 spiro atoms. The number of aryl methyl sites for hydroxylation is 1. The molecular weight excluding hydrogens is 456 g/mol. The number of carbonyl (C=O) groups is 3. The Hall–Kier alpha value is -2.83. The van der Waals surface area contributed by atoms with Gasteiger partial charge in [0.05, 0.1) is 11.7 Å². The molecule has 9 nitrogen and oxygen atoms in total. The fraction of sp³-hybridized carbons (Fsp3) is 0.263. The van der Waals surface area contributed by atoms with Crippen molar-refractivity contribution in [2.24, 2.45) is 5.92 Å². The normalized spacial score (nSPS) is 15.8. The van der Waals surface area contributed by atoms with Gasteiger partial charge in [-0.3, -0.25) is 14.4 Å². The first-order chi connectivity index (χ1) is 15.0. The van der Waals surface area contributed by atoms with E-state index in [1.807, 2.05) is 31.2 Å². The molecule has 1 aliphatic heterocycles. The van der Waals surface area contributed by atoms with Crippen LogP contribution in [-0.4, -0.2) is 45.2 Å².